The molecule has 1 heterocycles. The summed E-state index contributed by atoms with van der Waals surface area (Å²) < 4.78 is 6.04. The highest BCUT2D eigenvalue weighted by Crippen LogP contribution is 2.22. The number of anilines is 1. The van der Waals surface area contributed by atoms with E-state index in [2.05, 4.69) is 26.2 Å². The third-order valence-corrected chi connectivity index (χ3v) is 2.53. The maximum Gasteiger partial charge on any atom is 0.140 e. The Kier molecular flexibility index (Phi) is 6.32. The summed E-state index contributed by atoms with van der Waals surface area (Å²) in [5.41, 5.74) is 0. The van der Waals surface area contributed by atoms with E-state index in [0.717, 1.165) is 10.3 Å². The average molecular weight is 314 g/mol. The van der Waals surface area contributed by atoms with E-state index < -0.39 is 0 Å². The molecule has 15 heavy (non-hydrogen) atoms. The molecule has 0 spiro atoms. The number of nitrogens with one attached hydrogen (secondary N) is 1. The second-order valence-corrected chi connectivity index (χ2v) is 4.38. The van der Waals surface area contributed by atoms with Crippen LogP contribution in [-0.4, -0.2) is 30.6 Å². The number of alkyl halides is 1. The van der Waals surface area contributed by atoms with E-state index in [4.69, 9.17) is 27.9 Å². The first-order valence-corrected chi connectivity index (χ1v) is 6.13. The van der Waals surface area contributed by atoms with Crippen molar-refractivity contribution in [3.05, 3.63) is 21.8 Å². The Morgan fingerprint density at radius 3 is 2.93 bits per heavy atom. The fourth-order valence-corrected chi connectivity index (χ4v) is 1.83. The zero-order valence-electron chi connectivity index (χ0n) is 7.97. The molecule has 6 heteroatoms. The molecule has 1 aromatic heterocycles. The Balaban J connectivity index is 2.31. The summed E-state index contributed by atoms with van der Waals surface area (Å²) in [7, 11) is 0. The van der Waals surface area contributed by atoms with E-state index in [1.807, 2.05) is 0 Å². The Labute approximate surface area is 107 Å². The average Bonchev–Trinajstić information content (AvgIpc) is 2.20. The first-order valence-electron chi connectivity index (χ1n) is 4.42. The fraction of sp³-hybridized carbons (Fsp3) is 0.444. The van der Waals surface area contributed by atoms with Crippen LogP contribution in [0.1, 0.15) is 0 Å². The molecular formula is C9H11BrCl2N2O. The van der Waals surface area contributed by atoms with Gasteiger partial charge >= 0.3 is 0 Å². The second kappa shape index (κ2) is 7.28. The Hall–Kier alpha value is -0.0300. The first kappa shape index (κ1) is 13.0. The van der Waals surface area contributed by atoms with E-state index >= 15 is 0 Å². The van der Waals surface area contributed by atoms with Crippen LogP contribution in [0.5, 0.6) is 0 Å². The quantitative estimate of drug-likeness (QED) is 0.647. The van der Waals surface area contributed by atoms with Gasteiger partial charge in [0.25, 0.3) is 0 Å². The van der Waals surface area contributed by atoms with Crippen molar-refractivity contribution in [1.29, 1.82) is 0 Å². The van der Waals surface area contributed by atoms with E-state index in [1.165, 1.54) is 0 Å². The van der Waals surface area contributed by atoms with Crippen molar-refractivity contribution >= 4 is 44.9 Å². The summed E-state index contributed by atoms with van der Waals surface area (Å²) in [5.74, 6) is 1.27. The second-order valence-electron chi connectivity index (χ2n) is 2.71. The standard InChI is InChI=1S/C9H11BrCl2N2O/c10-8-5-7(12)6-14-9(8)13-2-4-15-3-1-11/h5-6H,1-4H2,(H,13,14). The monoisotopic (exact) mass is 312 g/mol. The molecule has 0 aliphatic carbocycles. The number of hydrogen-bond donors (Lipinski definition) is 1. The van der Waals surface area contributed by atoms with Crippen molar-refractivity contribution in [3.8, 4) is 0 Å². The van der Waals surface area contributed by atoms with Crippen molar-refractivity contribution in [1.82, 2.24) is 4.98 Å². The van der Waals surface area contributed by atoms with Gasteiger partial charge in [-0.25, -0.2) is 4.98 Å². The molecule has 0 saturated heterocycles. The van der Waals surface area contributed by atoms with Crippen molar-refractivity contribution in [3.63, 3.8) is 0 Å². The number of ether oxygens (including phenoxy) is 1. The van der Waals surface area contributed by atoms with Gasteiger partial charge in [0, 0.05) is 18.6 Å². The minimum absolute atomic E-state index is 0.517. The predicted octanol–water partition coefficient (Wildman–Crippen LogP) is 3.16. The van der Waals surface area contributed by atoms with Gasteiger partial charge in [-0.2, -0.15) is 0 Å². The van der Waals surface area contributed by atoms with Gasteiger partial charge in [0.05, 0.1) is 22.7 Å². The molecule has 0 aliphatic heterocycles. The van der Waals surface area contributed by atoms with Gasteiger partial charge in [-0.05, 0) is 22.0 Å². The Bertz CT molecular complexity index is 312. The zero-order valence-corrected chi connectivity index (χ0v) is 11.1. The molecule has 0 aromatic carbocycles. The van der Waals surface area contributed by atoms with Gasteiger partial charge in [0.2, 0.25) is 0 Å². The smallest absolute Gasteiger partial charge is 0.140 e. The lowest BCUT2D eigenvalue weighted by atomic mass is 10.4. The number of aromatic nitrogens is 1. The van der Waals surface area contributed by atoms with Crippen molar-refractivity contribution in [2.45, 2.75) is 0 Å². The maximum absolute atomic E-state index is 5.76. The molecule has 1 aromatic rings. The highest BCUT2D eigenvalue weighted by atomic mass is 79.9. The molecule has 0 fully saturated rings. The number of halogens is 3. The third-order valence-electron chi connectivity index (χ3n) is 1.57. The van der Waals surface area contributed by atoms with Gasteiger partial charge in [0.1, 0.15) is 5.82 Å². The van der Waals surface area contributed by atoms with Crippen LogP contribution in [0.4, 0.5) is 5.82 Å². The highest BCUT2D eigenvalue weighted by molar-refractivity contribution is 9.10. The predicted molar refractivity (Wildman–Crippen MR) is 67.0 cm³/mol. The van der Waals surface area contributed by atoms with Crippen molar-refractivity contribution < 1.29 is 4.74 Å². The summed E-state index contributed by atoms with van der Waals surface area (Å²) in [6, 6.07) is 1.79. The van der Waals surface area contributed by atoms with E-state index in [0.29, 0.717) is 30.7 Å². The van der Waals surface area contributed by atoms with Crippen LogP contribution in [0.2, 0.25) is 5.02 Å². The number of pyridine rings is 1. The summed E-state index contributed by atoms with van der Waals surface area (Å²) in [6.07, 6.45) is 1.59. The summed E-state index contributed by atoms with van der Waals surface area (Å²) in [6.45, 7) is 1.85. The minimum atomic E-state index is 0.517. The highest BCUT2D eigenvalue weighted by Gasteiger charge is 2.00. The van der Waals surface area contributed by atoms with Crippen LogP contribution in [0.3, 0.4) is 0 Å². The Morgan fingerprint density at radius 2 is 2.27 bits per heavy atom. The minimum Gasteiger partial charge on any atom is -0.378 e. The van der Waals surface area contributed by atoms with Crippen molar-refractivity contribution in [2.75, 3.05) is 31.0 Å². The van der Waals surface area contributed by atoms with E-state index in [-0.39, 0.29) is 0 Å². The van der Waals surface area contributed by atoms with E-state index in [1.54, 1.807) is 12.3 Å². The lowest BCUT2D eigenvalue weighted by Crippen LogP contribution is -2.11. The van der Waals surface area contributed by atoms with Gasteiger partial charge in [-0.3, -0.25) is 0 Å². The van der Waals surface area contributed by atoms with Gasteiger partial charge in [-0.1, -0.05) is 11.6 Å². The molecule has 1 rings (SSSR count). The molecule has 0 saturated carbocycles. The van der Waals surface area contributed by atoms with Crippen LogP contribution < -0.4 is 5.32 Å². The van der Waals surface area contributed by atoms with E-state index in [9.17, 15) is 0 Å². The molecule has 0 atom stereocenters. The number of nitrogens with zero attached hydrogens (tertiary/aromatic N) is 1. The van der Waals surface area contributed by atoms with Crippen molar-refractivity contribution in [2.24, 2.45) is 0 Å². The molecule has 0 bridgehead atoms. The molecule has 0 aliphatic rings. The summed E-state index contributed by atoms with van der Waals surface area (Å²) in [5, 5.41) is 3.72. The fourth-order valence-electron chi connectivity index (χ4n) is 0.943. The van der Waals surface area contributed by atoms with Crippen LogP contribution in [0.15, 0.2) is 16.7 Å². The summed E-state index contributed by atoms with van der Waals surface area (Å²) in [4.78, 5) is 4.12. The van der Waals surface area contributed by atoms with Crippen LogP contribution in [0, 0.1) is 0 Å². The molecule has 0 radical (unpaired) electrons. The molecular weight excluding hydrogens is 303 g/mol. The largest absolute Gasteiger partial charge is 0.378 e. The number of rotatable bonds is 6. The molecule has 3 nitrogen and oxygen atoms in total. The third kappa shape index (κ3) is 5.02. The number of hydrogen-bond acceptors (Lipinski definition) is 3. The first-order chi connectivity index (χ1) is 7.24. The molecule has 1 N–H and O–H groups in total. The molecule has 0 unspecified atom stereocenters. The lowest BCUT2D eigenvalue weighted by Gasteiger charge is -2.07. The summed E-state index contributed by atoms with van der Waals surface area (Å²) >= 11 is 14.6. The SMILES string of the molecule is ClCCOCCNc1ncc(Cl)cc1Br. The maximum atomic E-state index is 5.76. The van der Waals surface area contributed by atoms with Gasteiger partial charge < -0.3 is 10.1 Å². The van der Waals surface area contributed by atoms with Gasteiger partial charge in [-0.15, -0.1) is 11.6 Å². The van der Waals surface area contributed by atoms with Crippen LogP contribution >= 0.6 is 39.1 Å². The topological polar surface area (TPSA) is 34.1 Å². The van der Waals surface area contributed by atoms with Crippen LogP contribution in [0.25, 0.3) is 0 Å². The van der Waals surface area contributed by atoms with Crippen LogP contribution in [-0.2, 0) is 4.74 Å². The lowest BCUT2D eigenvalue weighted by molar-refractivity contribution is 0.160. The molecule has 0 amide bonds. The zero-order chi connectivity index (χ0) is 11.1. The molecule has 84 valence electrons. The van der Waals surface area contributed by atoms with Gasteiger partial charge in [0.15, 0.2) is 0 Å². The normalized spacial score (nSPS) is 10.3. The Morgan fingerprint density at radius 1 is 1.47 bits per heavy atom.